The zero-order valence-corrected chi connectivity index (χ0v) is 15.2. The van der Waals surface area contributed by atoms with Crippen molar-refractivity contribution in [3.63, 3.8) is 0 Å². The molecule has 1 N–H and O–H groups in total. The van der Waals surface area contributed by atoms with Gasteiger partial charge >= 0.3 is 0 Å². The molecule has 0 radical (unpaired) electrons. The average Bonchev–Trinajstić information content (AvgIpc) is 3.20. The number of nitrogens with zero attached hydrogens (tertiary/aromatic N) is 4. The summed E-state index contributed by atoms with van der Waals surface area (Å²) < 4.78 is 24.1. The van der Waals surface area contributed by atoms with Gasteiger partial charge in [0.15, 0.2) is 9.84 Å². The average molecular weight is 371 g/mol. The molecule has 0 amide bonds. The maximum absolute atomic E-state index is 12.1. The molecule has 0 spiro atoms. The number of aromatic nitrogens is 2. The van der Waals surface area contributed by atoms with Crippen LogP contribution in [0.1, 0.15) is 11.1 Å². The van der Waals surface area contributed by atoms with Crippen molar-refractivity contribution in [3.05, 3.63) is 47.7 Å². The molecule has 1 aromatic heterocycles. The molecule has 2 saturated heterocycles. The number of anilines is 2. The van der Waals surface area contributed by atoms with Gasteiger partial charge in [-0.3, -0.25) is 0 Å². The molecule has 0 unspecified atom stereocenters. The van der Waals surface area contributed by atoms with Crippen LogP contribution in [0.3, 0.4) is 0 Å². The first kappa shape index (κ1) is 16.0. The second-order valence-electron chi connectivity index (χ2n) is 7.24. The van der Waals surface area contributed by atoms with E-state index in [1.165, 1.54) is 11.1 Å². The van der Waals surface area contributed by atoms with Gasteiger partial charge in [-0.25, -0.2) is 13.4 Å². The third-order valence-electron chi connectivity index (χ3n) is 5.53. The van der Waals surface area contributed by atoms with Crippen LogP contribution in [0.5, 0.6) is 0 Å². The fourth-order valence-electron chi connectivity index (χ4n) is 4.28. The highest BCUT2D eigenvalue weighted by Gasteiger charge is 2.43. The van der Waals surface area contributed by atoms with Gasteiger partial charge in [-0.05, 0) is 17.2 Å². The maximum Gasteiger partial charge on any atom is 0.227 e. The minimum atomic E-state index is -2.99. The van der Waals surface area contributed by atoms with E-state index in [9.17, 15) is 8.42 Å². The number of fused-ring (bicyclic) bond motifs is 2. The fraction of sp³-hybridized carbons (Fsp3) is 0.444. The molecular weight excluding hydrogens is 350 g/mol. The summed E-state index contributed by atoms with van der Waals surface area (Å²) in [5.41, 5.74) is 2.62. The zero-order valence-electron chi connectivity index (χ0n) is 14.4. The van der Waals surface area contributed by atoms with E-state index in [1.807, 2.05) is 6.07 Å². The third kappa shape index (κ3) is 2.73. The number of piperazine rings is 1. The van der Waals surface area contributed by atoms with Crippen LogP contribution in [0.15, 0.2) is 36.5 Å². The molecule has 2 atom stereocenters. The van der Waals surface area contributed by atoms with E-state index in [0.29, 0.717) is 5.95 Å². The highest BCUT2D eigenvalue weighted by atomic mass is 32.2. The predicted octanol–water partition coefficient (Wildman–Crippen LogP) is 0.572. The summed E-state index contributed by atoms with van der Waals surface area (Å²) in [4.78, 5) is 13.6. The quantitative estimate of drug-likeness (QED) is 0.827. The second kappa shape index (κ2) is 5.92. The molecular formula is C18H21N5O2S. The topological polar surface area (TPSA) is 78.4 Å². The van der Waals surface area contributed by atoms with Crippen LogP contribution in [0.4, 0.5) is 11.8 Å². The van der Waals surface area contributed by atoms with Crippen LogP contribution in [-0.4, -0.2) is 55.1 Å². The van der Waals surface area contributed by atoms with E-state index in [2.05, 4.69) is 44.4 Å². The summed E-state index contributed by atoms with van der Waals surface area (Å²) in [5, 5.41) is 3.34. The number of benzene rings is 1. The lowest BCUT2D eigenvalue weighted by Crippen LogP contribution is -2.57. The van der Waals surface area contributed by atoms with Gasteiger partial charge in [-0.1, -0.05) is 24.3 Å². The summed E-state index contributed by atoms with van der Waals surface area (Å²) in [7, 11) is -2.99. The molecule has 2 aromatic rings. The van der Waals surface area contributed by atoms with E-state index in [4.69, 9.17) is 4.98 Å². The van der Waals surface area contributed by atoms with Gasteiger partial charge in [-0.15, -0.1) is 0 Å². The van der Waals surface area contributed by atoms with Crippen molar-refractivity contribution in [1.82, 2.24) is 15.3 Å². The Balaban J connectivity index is 1.42. The molecule has 26 heavy (non-hydrogen) atoms. The minimum absolute atomic E-state index is 0.0109. The summed E-state index contributed by atoms with van der Waals surface area (Å²) in [6.07, 6.45) is 1.78. The third-order valence-corrected chi connectivity index (χ3v) is 7.24. The Labute approximate surface area is 153 Å². The summed E-state index contributed by atoms with van der Waals surface area (Å²) in [5.74, 6) is 1.93. The van der Waals surface area contributed by atoms with Crippen molar-refractivity contribution >= 4 is 21.6 Å². The number of sulfone groups is 1. The predicted molar refractivity (Wildman–Crippen MR) is 99.9 cm³/mol. The summed E-state index contributed by atoms with van der Waals surface area (Å²) in [6.45, 7) is 3.14. The van der Waals surface area contributed by atoms with E-state index in [1.54, 1.807) is 6.20 Å². The zero-order chi connectivity index (χ0) is 17.7. The first-order chi connectivity index (χ1) is 12.6. The Morgan fingerprint density at radius 1 is 1.08 bits per heavy atom. The normalized spacial score (nSPS) is 26.6. The van der Waals surface area contributed by atoms with E-state index in [-0.39, 0.29) is 23.6 Å². The van der Waals surface area contributed by atoms with Gasteiger partial charge in [0.25, 0.3) is 0 Å². The van der Waals surface area contributed by atoms with Crippen molar-refractivity contribution in [2.45, 2.75) is 25.2 Å². The fourth-order valence-corrected chi connectivity index (χ4v) is 6.23. The van der Waals surface area contributed by atoms with Crippen molar-refractivity contribution in [1.29, 1.82) is 0 Å². The minimum Gasteiger partial charge on any atom is -0.350 e. The first-order valence-electron chi connectivity index (χ1n) is 8.94. The SMILES string of the molecule is O=S1(=O)C[C@@H]2NCCN(c3ccnc(N4Cc5ccccc5C4)n3)[C@@H]2C1. The lowest BCUT2D eigenvalue weighted by atomic mass is 10.1. The van der Waals surface area contributed by atoms with Crippen LogP contribution >= 0.6 is 0 Å². The van der Waals surface area contributed by atoms with E-state index in [0.717, 1.165) is 32.0 Å². The van der Waals surface area contributed by atoms with Gasteiger partial charge in [0.05, 0.1) is 17.5 Å². The molecule has 0 aliphatic carbocycles. The van der Waals surface area contributed by atoms with Gasteiger partial charge in [0.2, 0.25) is 5.95 Å². The molecule has 136 valence electrons. The monoisotopic (exact) mass is 371 g/mol. The number of nitrogens with one attached hydrogen (secondary N) is 1. The molecule has 3 aliphatic rings. The van der Waals surface area contributed by atoms with Crippen LogP contribution in [0.2, 0.25) is 0 Å². The van der Waals surface area contributed by atoms with Gasteiger partial charge in [0, 0.05) is 38.4 Å². The second-order valence-corrected chi connectivity index (χ2v) is 9.39. The van der Waals surface area contributed by atoms with Crippen molar-refractivity contribution in [3.8, 4) is 0 Å². The highest BCUT2D eigenvalue weighted by Crippen LogP contribution is 2.29. The Hall–Kier alpha value is -2.19. The number of rotatable bonds is 2. The van der Waals surface area contributed by atoms with Crippen LogP contribution < -0.4 is 15.1 Å². The molecule has 3 aliphatic heterocycles. The highest BCUT2D eigenvalue weighted by molar-refractivity contribution is 7.91. The van der Waals surface area contributed by atoms with E-state index >= 15 is 0 Å². The smallest absolute Gasteiger partial charge is 0.227 e. The van der Waals surface area contributed by atoms with Crippen molar-refractivity contribution in [2.24, 2.45) is 0 Å². The summed E-state index contributed by atoms with van der Waals surface area (Å²) >= 11 is 0. The number of hydrogen-bond donors (Lipinski definition) is 1. The molecule has 4 heterocycles. The Kier molecular flexibility index (Phi) is 3.65. The lowest BCUT2D eigenvalue weighted by molar-refractivity contribution is 0.422. The molecule has 5 rings (SSSR count). The molecule has 0 bridgehead atoms. The van der Waals surface area contributed by atoms with E-state index < -0.39 is 9.84 Å². The van der Waals surface area contributed by atoms with Crippen LogP contribution in [0.25, 0.3) is 0 Å². The maximum atomic E-state index is 12.1. The Bertz CT molecular complexity index is 923. The Morgan fingerprint density at radius 3 is 2.62 bits per heavy atom. The number of hydrogen-bond acceptors (Lipinski definition) is 7. The summed E-state index contributed by atoms with van der Waals surface area (Å²) in [6, 6.07) is 10.2. The molecule has 2 fully saturated rings. The molecule has 1 aromatic carbocycles. The van der Waals surface area contributed by atoms with Crippen LogP contribution in [-0.2, 0) is 22.9 Å². The van der Waals surface area contributed by atoms with Gasteiger partial charge in [0.1, 0.15) is 5.82 Å². The van der Waals surface area contributed by atoms with Crippen LogP contribution in [0, 0.1) is 0 Å². The molecule has 7 nitrogen and oxygen atoms in total. The first-order valence-corrected chi connectivity index (χ1v) is 10.8. The molecule has 0 saturated carbocycles. The Morgan fingerprint density at radius 2 is 1.85 bits per heavy atom. The molecule has 8 heteroatoms. The van der Waals surface area contributed by atoms with Gasteiger partial charge in [-0.2, -0.15) is 4.98 Å². The van der Waals surface area contributed by atoms with Gasteiger partial charge < -0.3 is 15.1 Å². The van der Waals surface area contributed by atoms with Crippen molar-refractivity contribution in [2.75, 3.05) is 34.4 Å². The standard InChI is InChI=1S/C18H21N5O2S/c24-26(25)11-15-16(12-26)23(8-7-19-15)17-5-6-20-18(21-17)22-9-13-3-1-2-4-14(13)10-22/h1-6,15-16,19H,7-12H2/t15-,16+/m0/s1. The van der Waals surface area contributed by atoms with Crippen molar-refractivity contribution < 1.29 is 8.42 Å². The lowest BCUT2D eigenvalue weighted by Gasteiger charge is -2.38. The largest absolute Gasteiger partial charge is 0.350 e.